The molecule has 15 heavy (non-hydrogen) atoms. The normalized spacial score (nSPS) is 15.8. The quantitative estimate of drug-likeness (QED) is 0.696. The molecule has 0 N–H and O–H groups in total. The first-order valence-corrected chi connectivity index (χ1v) is 5.10. The van der Waals surface area contributed by atoms with Crippen molar-refractivity contribution in [2.75, 3.05) is 0 Å². The number of carbonyl (C=O) groups excluding carboxylic acids is 1. The van der Waals surface area contributed by atoms with Crippen molar-refractivity contribution in [3.05, 3.63) is 29.7 Å². The first-order valence-electron chi connectivity index (χ1n) is 5.10. The van der Waals surface area contributed by atoms with Crippen LogP contribution in [0.4, 0.5) is 0 Å². The number of fused-ring (bicyclic) bond motifs is 1. The van der Waals surface area contributed by atoms with Crippen molar-refractivity contribution >= 4 is 11.4 Å². The van der Waals surface area contributed by atoms with Crippen molar-refractivity contribution < 1.29 is 4.79 Å². The summed E-state index contributed by atoms with van der Waals surface area (Å²) in [6.45, 7) is 1.52. The SMILES string of the molecule is CC(=O)c1cc2ncc(C3CC3)cn2n1. The molecule has 0 amide bonds. The third kappa shape index (κ3) is 1.42. The van der Waals surface area contributed by atoms with Crippen molar-refractivity contribution in [1.29, 1.82) is 0 Å². The summed E-state index contributed by atoms with van der Waals surface area (Å²) in [4.78, 5) is 15.4. The highest BCUT2D eigenvalue weighted by Gasteiger charge is 2.24. The molecule has 2 aromatic heterocycles. The summed E-state index contributed by atoms with van der Waals surface area (Å²) in [6, 6.07) is 1.72. The van der Waals surface area contributed by atoms with E-state index >= 15 is 0 Å². The van der Waals surface area contributed by atoms with Gasteiger partial charge < -0.3 is 0 Å². The molecular weight excluding hydrogens is 190 g/mol. The van der Waals surface area contributed by atoms with E-state index in [0.29, 0.717) is 11.6 Å². The maximum atomic E-state index is 11.1. The second-order valence-electron chi connectivity index (χ2n) is 4.05. The minimum absolute atomic E-state index is 0.0199. The van der Waals surface area contributed by atoms with Crippen molar-refractivity contribution in [2.45, 2.75) is 25.7 Å². The van der Waals surface area contributed by atoms with Crippen LogP contribution in [0.2, 0.25) is 0 Å². The molecule has 0 aromatic carbocycles. The van der Waals surface area contributed by atoms with Gasteiger partial charge in [0.15, 0.2) is 11.4 Å². The molecule has 1 saturated carbocycles. The molecule has 1 aliphatic rings. The van der Waals surface area contributed by atoms with E-state index in [1.807, 2.05) is 12.4 Å². The fraction of sp³-hybridized carbons (Fsp3) is 0.364. The average molecular weight is 201 g/mol. The van der Waals surface area contributed by atoms with E-state index in [-0.39, 0.29) is 5.78 Å². The van der Waals surface area contributed by atoms with Crippen molar-refractivity contribution in [3.63, 3.8) is 0 Å². The van der Waals surface area contributed by atoms with E-state index in [4.69, 9.17) is 0 Å². The van der Waals surface area contributed by atoms with Gasteiger partial charge in [-0.3, -0.25) is 4.79 Å². The first kappa shape index (κ1) is 8.59. The largest absolute Gasteiger partial charge is 0.293 e. The third-order valence-electron chi connectivity index (χ3n) is 2.74. The molecule has 0 aliphatic heterocycles. The molecule has 1 fully saturated rings. The Labute approximate surface area is 86.9 Å². The lowest BCUT2D eigenvalue weighted by atomic mass is 10.2. The Morgan fingerprint density at radius 1 is 1.53 bits per heavy atom. The minimum atomic E-state index is -0.0199. The summed E-state index contributed by atoms with van der Waals surface area (Å²) in [7, 11) is 0. The molecule has 3 rings (SSSR count). The molecule has 2 heterocycles. The number of Topliss-reactive ketones (excluding diaryl/α,β-unsaturated/α-hetero) is 1. The molecule has 76 valence electrons. The van der Waals surface area contributed by atoms with E-state index < -0.39 is 0 Å². The van der Waals surface area contributed by atoms with Gasteiger partial charge in [0.05, 0.1) is 0 Å². The predicted molar refractivity (Wildman–Crippen MR) is 55.0 cm³/mol. The zero-order valence-corrected chi connectivity index (χ0v) is 8.47. The highest BCUT2D eigenvalue weighted by Crippen LogP contribution is 2.39. The average Bonchev–Trinajstić information content (AvgIpc) is 2.96. The summed E-state index contributed by atoms with van der Waals surface area (Å²) in [6.07, 6.45) is 6.35. The minimum Gasteiger partial charge on any atom is -0.293 e. The lowest BCUT2D eigenvalue weighted by Crippen LogP contribution is -1.95. The van der Waals surface area contributed by atoms with Gasteiger partial charge in [-0.2, -0.15) is 5.10 Å². The summed E-state index contributed by atoms with van der Waals surface area (Å²) < 4.78 is 1.70. The monoisotopic (exact) mass is 201 g/mol. The van der Waals surface area contributed by atoms with Crippen molar-refractivity contribution in [2.24, 2.45) is 0 Å². The lowest BCUT2D eigenvalue weighted by molar-refractivity contribution is 0.101. The van der Waals surface area contributed by atoms with Crippen LogP contribution in [-0.2, 0) is 0 Å². The maximum Gasteiger partial charge on any atom is 0.180 e. The van der Waals surface area contributed by atoms with Gasteiger partial charge >= 0.3 is 0 Å². The Morgan fingerprint density at radius 2 is 2.33 bits per heavy atom. The number of rotatable bonds is 2. The summed E-state index contributed by atoms with van der Waals surface area (Å²) in [5.74, 6) is 0.639. The van der Waals surface area contributed by atoms with Crippen LogP contribution >= 0.6 is 0 Å². The van der Waals surface area contributed by atoms with Gasteiger partial charge in [0.25, 0.3) is 0 Å². The number of hydrogen-bond acceptors (Lipinski definition) is 3. The van der Waals surface area contributed by atoms with Crippen LogP contribution in [0.5, 0.6) is 0 Å². The van der Waals surface area contributed by atoms with E-state index in [9.17, 15) is 4.79 Å². The number of ketones is 1. The Kier molecular flexibility index (Phi) is 1.65. The van der Waals surface area contributed by atoms with E-state index in [1.54, 1.807) is 10.6 Å². The van der Waals surface area contributed by atoms with E-state index in [2.05, 4.69) is 10.1 Å². The zero-order chi connectivity index (χ0) is 10.4. The standard InChI is InChI=1S/C11H11N3O/c1-7(15)10-4-11-12-5-9(8-2-3-8)6-14(11)13-10/h4-6,8H,2-3H2,1H3. The van der Waals surface area contributed by atoms with Crippen LogP contribution < -0.4 is 0 Å². The smallest absolute Gasteiger partial charge is 0.180 e. The Hall–Kier alpha value is -1.71. The molecule has 0 atom stereocenters. The van der Waals surface area contributed by atoms with Crippen molar-refractivity contribution in [1.82, 2.24) is 14.6 Å². The van der Waals surface area contributed by atoms with E-state index in [0.717, 1.165) is 5.65 Å². The molecule has 0 spiro atoms. The second kappa shape index (κ2) is 2.89. The van der Waals surface area contributed by atoms with Crippen LogP contribution in [0.15, 0.2) is 18.5 Å². The van der Waals surface area contributed by atoms with Gasteiger partial charge in [-0.05, 0) is 24.3 Å². The molecule has 0 unspecified atom stereocenters. The van der Waals surface area contributed by atoms with Gasteiger partial charge in [-0.15, -0.1) is 0 Å². The fourth-order valence-electron chi connectivity index (χ4n) is 1.69. The van der Waals surface area contributed by atoms with Gasteiger partial charge in [0.1, 0.15) is 5.69 Å². The highest BCUT2D eigenvalue weighted by molar-refractivity contribution is 5.93. The van der Waals surface area contributed by atoms with Crippen LogP contribution in [-0.4, -0.2) is 20.4 Å². The molecule has 1 aliphatic carbocycles. The summed E-state index contributed by atoms with van der Waals surface area (Å²) >= 11 is 0. The molecule has 0 saturated heterocycles. The second-order valence-corrected chi connectivity index (χ2v) is 4.05. The number of nitrogens with zero attached hydrogens (tertiary/aromatic N) is 3. The molecule has 4 heteroatoms. The third-order valence-corrected chi connectivity index (χ3v) is 2.74. The fourth-order valence-corrected chi connectivity index (χ4v) is 1.69. The predicted octanol–water partition coefficient (Wildman–Crippen LogP) is 1.81. The van der Waals surface area contributed by atoms with Crippen LogP contribution in [0.3, 0.4) is 0 Å². The topological polar surface area (TPSA) is 47.3 Å². The lowest BCUT2D eigenvalue weighted by Gasteiger charge is -1.97. The van der Waals surface area contributed by atoms with Gasteiger partial charge in [-0.25, -0.2) is 9.50 Å². The number of hydrogen-bond donors (Lipinski definition) is 0. The molecular formula is C11H11N3O. The Balaban J connectivity index is 2.13. The molecule has 0 radical (unpaired) electrons. The highest BCUT2D eigenvalue weighted by atomic mass is 16.1. The molecule has 2 aromatic rings. The van der Waals surface area contributed by atoms with Gasteiger partial charge in [0.2, 0.25) is 0 Å². The van der Waals surface area contributed by atoms with Crippen LogP contribution in [0, 0.1) is 0 Å². The van der Waals surface area contributed by atoms with Crippen LogP contribution in [0.25, 0.3) is 5.65 Å². The van der Waals surface area contributed by atoms with E-state index in [1.165, 1.54) is 25.3 Å². The van der Waals surface area contributed by atoms with Gasteiger partial charge in [0, 0.05) is 25.4 Å². The molecule has 4 nitrogen and oxygen atoms in total. The summed E-state index contributed by atoms with van der Waals surface area (Å²) in [5.41, 5.74) is 2.45. The summed E-state index contributed by atoms with van der Waals surface area (Å²) in [5, 5.41) is 4.19. The Bertz CT molecular complexity index is 540. The first-order chi connectivity index (χ1) is 7.24. The van der Waals surface area contributed by atoms with Crippen LogP contribution in [0.1, 0.15) is 41.7 Å². The number of aromatic nitrogens is 3. The Morgan fingerprint density at radius 3 is 3.00 bits per heavy atom. The number of carbonyl (C=O) groups is 1. The van der Waals surface area contributed by atoms with Crippen molar-refractivity contribution in [3.8, 4) is 0 Å². The maximum absolute atomic E-state index is 11.1. The molecule has 0 bridgehead atoms. The van der Waals surface area contributed by atoms with Gasteiger partial charge in [-0.1, -0.05) is 0 Å². The zero-order valence-electron chi connectivity index (χ0n) is 8.47.